The molecule has 7 heteroatoms. The molecule has 2 N–H and O–H groups in total. The number of nitrogens with zero attached hydrogens (tertiary/aromatic N) is 1. The predicted octanol–water partition coefficient (Wildman–Crippen LogP) is 3.36. The lowest BCUT2D eigenvalue weighted by atomic mass is 10.2. The van der Waals surface area contributed by atoms with Crippen molar-refractivity contribution in [2.45, 2.75) is 6.54 Å². The van der Waals surface area contributed by atoms with Gasteiger partial charge in [-0.05, 0) is 35.9 Å². The highest BCUT2D eigenvalue weighted by molar-refractivity contribution is 7.92. The highest BCUT2D eigenvalue weighted by atomic mass is 32.2. The molecule has 0 radical (unpaired) electrons. The molecule has 0 fully saturated rings. The molecule has 0 spiro atoms. The van der Waals surface area contributed by atoms with Gasteiger partial charge in [-0.15, -0.1) is 0 Å². The second-order valence-electron chi connectivity index (χ2n) is 5.42. The Hall–Kier alpha value is -2.67. The van der Waals surface area contributed by atoms with Crippen molar-refractivity contribution >= 4 is 32.4 Å². The van der Waals surface area contributed by atoms with Crippen molar-refractivity contribution in [2.24, 2.45) is 0 Å². The number of halogens is 1. The number of pyridine rings is 1. The van der Waals surface area contributed by atoms with E-state index in [0.717, 1.165) is 17.2 Å². The first-order chi connectivity index (χ1) is 11.4. The van der Waals surface area contributed by atoms with E-state index in [1.165, 1.54) is 12.1 Å². The van der Waals surface area contributed by atoms with Crippen LogP contribution in [0.3, 0.4) is 0 Å². The average Bonchev–Trinajstić information content (AvgIpc) is 2.52. The van der Waals surface area contributed by atoms with E-state index < -0.39 is 10.0 Å². The lowest BCUT2D eigenvalue weighted by Crippen LogP contribution is -2.12. The number of hydrogen-bond acceptors (Lipinski definition) is 4. The molecule has 2 aromatic carbocycles. The third kappa shape index (κ3) is 3.99. The summed E-state index contributed by atoms with van der Waals surface area (Å²) >= 11 is 0. The SMILES string of the molecule is CS(=O)(=O)Nc1ccccc1CNc1ccc2ccc(F)cc2n1. The van der Waals surface area contributed by atoms with E-state index in [4.69, 9.17) is 0 Å². The Balaban J connectivity index is 1.81. The number of aromatic nitrogens is 1. The molecule has 1 aromatic heterocycles. The molecule has 0 unspecified atom stereocenters. The quantitative estimate of drug-likeness (QED) is 0.744. The minimum atomic E-state index is -3.35. The van der Waals surface area contributed by atoms with Crippen LogP contribution in [0.15, 0.2) is 54.6 Å². The van der Waals surface area contributed by atoms with Crippen LogP contribution >= 0.6 is 0 Å². The van der Waals surface area contributed by atoms with Crippen LogP contribution in [-0.4, -0.2) is 19.7 Å². The number of fused-ring (bicyclic) bond motifs is 1. The molecule has 0 aliphatic heterocycles. The van der Waals surface area contributed by atoms with Gasteiger partial charge in [0.25, 0.3) is 0 Å². The van der Waals surface area contributed by atoms with Crippen molar-refractivity contribution in [3.05, 3.63) is 66.0 Å². The molecule has 124 valence electrons. The molecule has 24 heavy (non-hydrogen) atoms. The summed E-state index contributed by atoms with van der Waals surface area (Å²) < 4.78 is 38.6. The van der Waals surface area contributed by atoms with Crippen molar-refractivity contribution < 1.29 is 12.8 Å². The van der Waals surface area contributed by atoms with Crippen molar-refractivity contribution in [3.63, 3.8) is 0 Å². The zero-order chi connectivity index (χ0) is 17.2. The van der Waals surface area contributed by atoms with Gasteiger partial charge in [0.2, 0.25) is 10.0 Å². The second-order valence-corrected chi connectivity index (χ2v) is 7.17. The summed E-state index contributed by atoms with van der Waals surface area (Å²) in [5.41, 5.74) is 1.85. The fourth-order valence-electron chi connectivity index (χ4n) is 2.35. The largest absolute Gasteiger partial charge is 0.366 e. The lowest BCUT2D eigenvalue weighted by Gasteiger charge is -2.12. The minimum absolute atomic E-state index is 0.338. The number of rotatable bonds is 5. The Kier molecular flexibility index (Phi) is 4.35. The first-order valence-electron chi connectivity index (χ1n) is 7.27. The van der Waals surface area contributed by atoms with Gasteiger partial charge in [-0.1, -0.05) is 18.2 Å². The van der Waals surface area contributed by atoms with Crippen LogP contribution in [0, 0.1) is 5.82 Å². The molecule has 0 amide bonds. The zero-order valence-corrected chi connectivity index (χ0v) is 13.8. The summed E-state index contributed by atoms with van der Waals surface area (Å²) in [7, 11) is -3.35. The number of sulfonamides is 1. The molecule has 0 saturated carbocycles. The van der Waals surface area contributed by atoms with Crippen molar-refractivity contribution in [2.75, 3.05) is 16.3 Å². The summed E-state index contributed by atoms with van der Waals surface area (Å²) in [5.74, 6) is 0.247. The first-order valence-corrected chi connectivity index (χ1v) is 9.16. The number of nitrogens with one attached hydrogen (secondary N) is 2. The maximum absolute atomic E-state index is 13.3. The highest BCUT2D eigenvalue weighted by Crippen LogP contribution is 2.20. The summed E-state index contributed by atoms with van der Waals surface area (Å²) in [4.78, 5) is 4.37. The maximum Gasteiger partial charge on any atom is 0.229 e. The van der Waals surface area contributed by atoms with Gasteiger partial charge in [0.05, 0.1) is 17.5 Å². The van der Waals surface area contributed by atoms with E-state index in [9.17, 15) is 12.8 Å². The predicted molar refractivity (Wildman–Crippen MR) is 93.9 cm³/mol. The second kappa shape index (κ2) is 6.45. The molecule has 3 rings (SSSR count). The smallest absolute Gasteiger partial charge is 0.229 e. The lowest BCUT2D eigenvalue weighted by molar-refractivity contribution is 0.606. The van der Waals surface area contributed by atoms with Crippen molar-refractivity contribution in [3.8, 4) is 0 Å². The standard InChI is InChI=1S/C17H16FN3O2S/c1-24(22,23)21-15-5-3-2-4-13(15)11-19-17-9-7-12-6-8-14(18)10-16(12)20-17/h2-10,21H,11H2,1H3,(H,19,20). The third-order valence-corrected chi connectivity index (χ3v) is 4.02. The number of anilines is 2. The van der Waals surface area contributed by atoms with Crippen LogP contribution in [0.1, 0.15) is 5.56 Å². The van der Waals surface area contributed by atoms with Gasteiger partial charge in [-0.25, -0.2) is 17.8 Å². The van der Waals surface area contributed by atoms with E-state index in [2.05, 4.69) is 15.0 Å². The monoisotopic (exact) mass is 345 g/mol. The first kappa shape index (κ1) is 16.2. The van der Waals surface area contributed by atoms with E-state index >= 15 is 0 Å². The maximum atomic E-state index is 13.3. The van der Waals surface area contributed by atoms with Crippen LogP contribution < -0.4 is 10.0 Å². The Bertz CT molecular complexity index is 990. The van der Waals surface area contributed by atoms with Crippen LogP contribution in [-0.2, 0) is 16.6 Å². The topological polar surface area (TPSA) is 71.1 Å². The van der Waals surface area contributed by atoms with Crippen LogP contribution in [0.5, 0.6) is 0 Å². The normalized spacial score (nSPS) is 11.4. The molecule has 5 nitrogen and oxygen atoms in total. The van der Waals surface area contributed by atoms with Gasteiger partial charge >= 0.3 is 0 Å². The zero-order valence-electron chi connectivity index (χ0n) is 13.0. The number of para-hydroxylation sites is 1. The summed E-state index contributed by atoms with van der Waals surface area (Å²) in [6.07, 6.45) is 1.11. The van der Waals surface area contributed by atoms with Gasteiger partial charge in [-0.3, -0.25) is 4.72 Å². The molecular weight excluding hydrogens is 329 g/mol. The molecule has 3 aromatic rings. The Labute approximate surface area is 139 Å². The van der Waals surface area contributed by atoms with E-state index in [1.807, 2.05) is 18.2 Å². The molecule has 0 aliphatic rings. The highest BCUT2D eigenvalue weighted by Gasteiger charge is 2.07. The molecule has 0 aliphatic carbocycles. The Morgan fingerprint density at radius 3 is 2.62 bits per heavy atom. The van der Waals surface area contributed by atoms with Gasteiger partial charge in [0.15, 0.2) is 0 Å². The molecule has 0 saturated heterocycles. The molecular formula is C17H16FN3O2S. The molecule has 0 bridgehead atoms. The third-order valence-electron chi connectivity index (χ3n) is 3.43. The van der Waals surface area contributed by atoms with Crippen LogP contribution in [0.25, 0.3) is 10.9 Å². The number of benzene rings is 2. The summed E-state index contributed by atoms with van der Waals surface area (Å²) in [5, 5.41) is 3.98. The van der Waals surface area contributed by atoms with Crippen molar-refractivity contribution in [1.82, 2.24) is 4.98 Å². The fourth-order valence-corrected chi connectivity index (χ4v) is 2.95. The minimum Gasteiger partial charge on any atom is -0.366 e. The van der Waals surface area contributed by atoms with E-state index in [-0.39, 0.29) is 5.82 Å². The average molecular weight is 345 g/mol. The van der Waals surface area contributed by atoms with E-state index in [1.54, 1.807) is 24.3 Å². The fraction of sp³-hybridized carbons (Fsp3) is 0.118. The summed E-state index contributed by atoms with van der Waals surface area (Å²) in [6.45, 7) is 0.381. The van der Waals surface area contributed by atoms with Gasteiger partial charge in [0.1, 0.15) is 11.6 Å². The number of hydrogen-bond donors (Lipinski definition) is 2. The van der Waals surface area contributed by atoms with Gasteiger partial charge < -0.3 is 5.32 Å². The van der Waals surface area contributed by atoms with Crippen molar-refractivity contribution in [1.29, 1.82) is 0 Å². The van der Waals surface area contributed by atoms with Gasteiger partial charge in [-0.2, -0.15) is 0 Å². The Morgan fingerprint density at radius 1 is 1.08 bits per heavy atom. The van der Waals surface area contributed by atoms with Crippen LogP contribution in [0.4, 0.5) is 15.9 Å². The summed E-state index contributed by atoms with van der Waals surface area (Å²) in [6, 6.07) is 15.2. The molecule has 0 atom stereocenters. The Morgan fingerprint density at radius 2 is 1.83 bits per heavy atom. The van der Waals surface area contributed by atoms with Crippen LogP contribution in [0.2, 0.25) is 0 Å². The van der Waals surface area contributed by atoms with E-state index in [0.29, 0.717) is 23.6 Å². The molecule has 1 heterocycles. The van der Waals surface area contributed by atoms with Gasteiger partial charge in [0, 0.05) is 18.0 Å².